The van der Waals surface area contributed by atoms with Crippen LogP contribution in [0.25, 0.3) is 0 Å². The number of benzene rings is 1. The molecule has 0 heterocycles. The van der Waals surface area contributed by atoms with Gasteiger partial charge in [0.15, 0.2) is 0 Å². The molecule has 0 amide bonds. The fourth-order valence-corrected chi connectivity index (χ4v) is 2.97. The zero-order valence-corrected chi connectivity index (χ0v) is 13.1. The van der Waals surface area contributed by atoms with Gasteiger partial charge in [0.1, 0.15) is 5.56 Å². The Kier molecular flexibility index (Phi) is 4.41. The summed E-state index contributed by atoms with van der Waals surface area (Å²) in [4.78, 5) is 22.3. The van der Waals surface area contributed by atoms with E-state index in [1.54, 1.807) is 13.0 Å². The Bertz CT molecular complexity index is 585. The quantitative estimate of drug-likeness (QED) is 0.494. The molecule has 0 unspecified atom stereocenters. The molecule has 114 valence electrons. The summed E-state index contributed by atoms with van der Waals surface area (Å²) in [7, 11) is 1.22. The Morgan fingerprint density at radius 3 is 2.67 bits per heavy atom. The van der Waals surface area contributed by atoms with Crippen LogP contribution >= 0.6 is 11.8 Å². The standard InChI is InChI=1S/C14H18N2O4S/c1-9-6-10(15-8-14(21-3)4-5-14)7-11(13(17)20-2)12(9)16(18)19/h6-7,15H,4-5,8H2,1-3H3. The van der Waals surface area contributed by atoms with Crippen molar-refractivity contribution in [3.05, 3.63) is 33.4 Å². The Morgan fingerprint density at radius 1 is 1.52 bits per heavy atom. The summed E-state index contributed by atoms with van der Waals surface area (Å²) in [5, 5.41) is 14.4. The predicted octanol–water partition coefficient (Wildman–Crippen LogP) is 3.00. The van der Waals surface area contributed by atoms with Crippen molar-refractivity contribution in [3.8, 4) is 0 Å². The van der Waals surface area contributed by atoms with Gasteiger partial charge in [-0.2, -0.15) is 11.8 Å². The second kappa shape index (κ2) is 5.93. The molecule has 0 atom stereocenters. The number of nitrogens with one attached hydrogen (secondary N) is 1. The third-order valence-electron chi connectivity index (χ3n) is 3.74. The zero-order valence-electron chi connectivity index (χ0n) is 12.3. The first-order valence-corrected chi connectivity index (χ1v) is 7.81. The smallest absolute Gasteiger partial charge is 0.344 e. The number of carbonyl (C=O) groups is 1. The summed E-state index contributed by atoms with van der Waals surface area (Å²) in [6, 6.07) is 3.19. The van der Waals surface area contributed by atoms with Gasteiger partial charge in [0.2, 0.25) is 0 Å². The van der Waals surface area contributed by atoms with Gasteiger partial charge in [-0.05, 0) is 38.2 Å². The molecule has 21 heavy (non-hydrogen) atoms. The Balaban J connectivity index is 2.29. The number of ether oxygens (including phenoxy) is 1. The van der Waals surface area contributed by atoms with Crippen molar-refractivity contribution in [2.75, 3.05) is 25.2 Å². The minimum atomic E-state index is -0.695. The summed E-state index contributed by atoms with van der Waals surface area (Å²) in [6.07, 6.45) is 4.41. The highest BCUT2D eigenvalue weighted by Gasteiger charge is 2.41. The van der Waals surface area contributed by atoms with Gasteiger partial charge in [-0.1, -0.05) is 0 Å². The molecule has 6 nitrogen and oxygen atoms in total. The molecule has 1 aromatic carbocycles. The molecule has 2 rings (SSSR count). The number of carbonyl (C=O) groups excluding carboxylic acids is 1. The Labute approximate surface area is 127 Å². The van der Waals surface area contributed by atoms with E-state index in [2.05, 4.69) is 16.3 Å². The number of methoxy groups -OCH3 is 1. The molecular weight excluding hydrogens is 292 g/mol. The molecule has 1 aliphatic rings. The van der Waals surface area contributed by atoms with Crippen molar-refractivity contribution in [1.82, 2.24) is 0 Å². The highest BCUT2D eigenvalue weighted by atomic mass is 32.2. The molecule has 0 bridgehead atoms. The molecule has 1 aliphatic carbocycles. The van der Waals surface area contributed by atoms with Crippen molar-refractivity contribution in [3.63, 3.8) is 0 Å². The van der Waals surface area contributed by atoms with E-state index in [1.807, 2.05) is 11.8 Å². The van der Waals surface area contributed by atoms with Crippen molar-refractivity contribution in [2.45, 2.75) is 24.5 Å². The molecule has 1 saturated carbocycles. The fraction of sp³-hybridized carbons (Fsp3) is 0.500. The lowest BCUT2D eigenvalue weighted by Gasteiger charge is -2.15. The molecule has 0 spiro atoms. The highest BCUT2D eigenvalue weighted by molar-refractivity contribution is 8.00. The number of esters is 1. The lowest BCUT2D eigenvalue weighted by Crippen LogP contribution is -2.18. The third kappa shape index (κ3) is 3.29. The van der Waals surface area contributed by atoms with Crippen LogP contribution in [-0.2, 0) is 4.74 Å². The number of aryl methyl sites for hydroxylation is 1. The summed E-state index contributed by atoms with van der Waals surface area (Å²) in [5.74, 6) is -0.695. The summed E-state index contributed by atoms with van der Waals surface area (Å²) in [6.45, 7) is 2.41. The maximum atomic E-state index is 11.8. The lowest BCUT2D eigenvalue weighted by atomic mass is 10.1. The number of nitro groups is 1. The monoisotopic (exact) mass is 310 g/mol. The number of thioether (sulfide) groups is 1. The van der Waals surface area contributed by atoms with Gasteiger partial charge in [-0.25, -0.2) is 4.79 Å². The average molecular weight is 310 g/mol. The van der Waals surface area contributed by atoms with Crippen LogP contribution < -0.4 is 5.32 Å². The Morgan fingerprint density at radius 2 is 2.19 bits per heavy atom. The minimum absolute atomic E-state index is 0.0148. The van der Waals surface area contributed by atoms with Crippen molar-refractivity contribution in [2.24, 2.45) is 0 Å². The van der Waals surface area contributed by atoms with Crippen LogP contribution in [-0.4, -0.2) is 35.5 Å². The van der Waals surface area contributed by atoms with Crippen LogP contribution in [0.3, 0.4) is 0 Å². The molecule has 0 radical (unpaired) electrons. The molecule has 1 aromatic rings. The van der Waals surface area contributed by atoms with Gasteiger partial charge in [0.05, 0.1) is 12.0 Å². The maximum Gasteiger partial charge on any atom is 0.344 e. The number of nitro benzene ring substituents is 1. The van der Waals surface area contributed by atoms with Crippen LogP contribution in [0.5, 0.6) is 0 Å². The molecular formula is C14H18N2O4S. The topological polar surface area (TPSA) is 81.5 Å². The minimum Gasteiger partial charge on any atom is -0.465 e. The fourth-order valence-electron chi connectivity index (χ4n) is 2.25. The normalized spacial score (nSPS) is 15.4. The second-order valence-corrected chi connectivity index (χ2v) is 6.45. The summed E-state index contributed by atoms with van der Waals surface area (Å²) < 4.78 is 4.91. The molecule has 0 saturated heterocycles. The lowest BCUT2D eigenvalue weighted by molar-refractivity contribution is -0.385. The predicted molar refractivity (Wildman–Crippen MR) is 83.1 cm³/mol. The van der Waals surface area contributed by atoms with E-state index >= 15 is 0 Å². The van der Waals surface area contributed by atoms with Gasteiger partial charge in [0, 0.05) is 22.5 Å². The summed E-state index contributed by atoms with van der Waals surface area (Å²) in [5.41, 5.74) is 0.940. The van der Waals surface area contributed by atoms with Gasteiger partial charge >= 0.3 is 5.97 Å². The average Bonchev–Trinajstić information content (AvgIpc) is 3.23. The van der Waals surface area contributed by atoms with E-state index in [0.717, 1.165) is 19.4 Å². The van der Waals surface area contributed by atoms with Gasteiger partial charge < -0.3 is 10.1 Å². The molecule has 7 heteroatoms. The molecule has 1 N–H and O–H groups in total. The van der Waals surface area contributed by atoms with Crippen LogP contribution in [0, 0.1) is 17.0 Å². The van der Waals surface area contributed by atoms with Crippen LogP contribution in [0.2, 0.25) is 0 Å². The number of anilines is 1. The van der Waals surface area contributed by atoms with Gasteiger partial charge in [-0.15, -0.1) is 0 Å². The highest BCUT2D eigenvalue weighted by Crippen LogP contribution is 2.47. The van der Waals surface area contributed by atoms with E-state index < -0.39 is 10.9 Å². The van der Waals surface area contributed by atoms with E-state index in [4.69, 9.17) is 0 Å². The largest absolute Gasteiger partial charge is 0.465 e. The molecule has 0 aromatic heterocycles. The van der Waals surface area contributed by atoms with E-state index in [0.29, 0.717) is 11.3 Å². The number of nitrogens with zero attached hydrogens (tertiary/aromatic N) is 1. The maximum absolute atomic E-state index is 11.8. The number of rotatable bonds is 6. The van der Waals surface area contributed by atoms with Crippen LogP contribution in [0.1, 0.15) is 28.8 Å². The first-order valence-electron chi connectivity index (χ1n) is 6.59. The van der Waals surface area contributed by atoms with Crippen molar-refractivity contribution in [1.29, 1.82) is 0 Å². The van der Waals surface area contributed by atoms with E-state index in [-0.39, 0.29) is 16.0 Å². The third-order valence-corrected chi connectivity index (χ3v) is 5.16. The van der Waals surface area contributed by atoms with Gasteiger partial charge in [0.25, 0.3) is 5.69 Å². The van der Waals surface area contributed by atoms with Crippen LogP contribution in [0.4, 0.5) is 11.4 Å². The Hall–Kier alpha value is -1.76. The number of hydrogen-bond acceptors (Lipinski definition) is 6. The van der Waals surface area contributed by atoms with Crippen molar-refractivity contribution >= 4 is 29.1 Å². The number of hydrogen-bond donors (Lipinski definition) is 1. The van der Waals surface area contributed by atoms with Gasteiger partial charge in [-0.3, -0.25) is 10.1 Å². The second-order valence-electron chi connectivity index (χ2n) is 5.18. The first kappa shape index (κ1) is 15.6. The van der Waals surface area contributed by atoms with E-state index in [1.165, 1.54) is 13.2 Å². The van der Waals surface area contributed by atoms with Crippen LogP contribution in [0.15, 0.2) is 12.1 Å². The summed E-state index contributed by atoms with van der Waals surface area (Å²) >= 11 is 1.82. The van der Waals surface area contributed by atoms with Crippen molar-refractivity contribution < 1.29 is 14.5 Å². The first-order chi connectivity index (χ1) is 9.92. The molecule has 0 aliphatic heterocycles. The zero-order chi connectivity index (χ0) is 15.6. The van der Waals surface area contributed by atoms with E-state index in [9.17, 15) is 14.9 Å². The SMILES string of the molecule is COC(=O)c1cc(NCC2(SC)CC2)cc(C)c1[N+](=O)[O-]. The molecule has 1 fully saturated rings.